The summed E-state index contributed by atoms with van der Waals surface area (Å²) in [6, 6.07) is 30.4. The third-order valence-corrected chi connectivity index (χ3v) is 16.5. The molecular formula is C64H78N10O9S. The van der Waals surface area contributed by atoms with Crippen molar-refractivity contribution < 1.29 is 43.2 Å². The van der Waals surface area contributed by atoms with Gasteiger partial charge in [-0.3, -0.25) is 23.7 Å². The van der Waals surface area contributed by atoms with Gasteiger partial charge in [0.25, 0.3) is 0 Å². The Kier molecular flexibility index (Phi) is 20.8. The fourth-order valence-electron chi connectivity index (χ4n) is 10.6. The highest BCUT2D eigenvalue weighted by Crippen LogP contribution is 2.40. The number of amides is 3. The van der Waals surface area contributed by atoms with E-state index in [0.29, 0.717) is 76.2 Å². The average molecular weight is 1160 g/mol. The number of nitrogen functional groups attached to an aromatic ring is 1. The zero-order valence-electron chi connectivity index (χ0n) is 48.5. The van der Waals surface area contributed by atoms with Crippen LogP contribution in [0.15, 0.2) is 109 Å². The smallest absolute Gasteiger partial charge is 0.246 e. The van der Waals surface area contributed by atoms with E-state index in [1.165, 1.54) is 4.90 Å². The number of benzene rings is 3. The molecule has 4 aromatic heterocycles. The number of carbonyl (C=O) groups excluding carboxylic acids is 4. The number of carbonyl (C=O) groups is 4. The van der Waals surface area contributed by atoms with Crippen LogP contribution in [0.3, 0.4) is 0 Å². The zero-order chi connectivity index (χ0) is 59.2. The largest absolute Gasteiger partial charge is 0.391 e. The van der Waals surface area contributed by atoms with E-state index in [0.717, 1.165) is 86.5 Å². The molecule has 0 radical (unpaired) electrons. The van der Waals surface area contributed by atoms with Gasteiger partial charge in [0.05, 0.1) is 86.3 Å². The number of ketones is 1. The number of nitrogens with two attached hydrogens (primary N) is 2. The van der Waals surface area contributed by atoms with Crippen LogP contribution < -0.4 is 22.1 Å². The summed E-state index contributed by atoms with van der Waals surface area (Å²) >= 11 is 1.57. The van der Waals surface area contributed by atoms with Gasteiger partial charge in [0.2, 0.25) is 17.7 Å². The molecule has 9 rings (SSSR count). The molecule has 1 saturated carbocycles. The number of Topliss-reactive ketones (excluding diaryl/α,β-unsaturated/α-hetero) is 1. The summed E-state index contributed by atoms with van der Waals surface area (Å²) in [6.07, 6.45) is 6.24. The van der Waals surface area contributed by atoms with E-state index in [4.69, 9.17) is 40.4 Å². The molecule has 3 atom stereocenters. The standard InChI is InChI=1S/C64H78N10O9S/c1-42-56(84-41-69-42)45-16-14-44(15-17-45)39-68-61(78)54-38-50(76)40-73(54)62(79)57(63(2,3)4)72-55(77)25-30-81-32-34-83-36-35-82-33-31-80-29-24-49(75)12-6-10-43-9-5-11-46(37-43)52-22-23-53-60(70-52)74(59(71-53)51-13-7-28-67-58(51)65)48-20-18-47(19-21-48)64(66)26-8-27-64/h5,7,9,11,13-23,28,37,41,50,54,57,76H,6,8,10,12,24-27,29-36,38-40,66H2,1-4H3,(H2,65,67)(H,68,78)(H,72,77)/t50-,54+,57-/m1/s1. The third kappa shape index (κ3) is 15.7. The van der Waals surface area contributed by atoms with Gasteiger partial charge < -0.3 is 51.1 Å². The number of rotatable bonds is 29. The highest BCUT2D eigenvalue weighted by Gasteiger charge is 2.44. The predicted octanol–water partition coefficient (Wildman–Crippen LogP) is 8.05. The maximum atomic E-state index is 14.0. The summed E-state index contributed by atoms with van der Waals surface area (Å²) in [5.41, 5.74) is 23.9. The molecule has 2 aliphatic rings. The van der Waals surface area contributed by atoms with Crippen LogP contribution in [0.1, 0.15) is 94.5 Å². The molecule has 84 heavy (non-hydrogen) atoms. The van der Waals surface area contributed by atoms with E-state index in [-0.39, 0.29) is 62.3 Å². The molecule has 1 saturated heterocycles. The molecule has 1 aliphatic carbocycles. The number of nitrogens with one attached hydrogen (secondary N) is 2. The van der Waals surface area contributed by atoms with Crippen molar-refractivity contribution >= 4 is 51.8 Å². The van der Waals surface area contributed by atoms with Gasteiger partial charge in [-0.1, -0.05) is 75.4 Å². The van der Waals surface area contributed by atoms with Gasteiger partial charge in [0.15, 0.2) is 11.5 Å². The summed E-state index contributed by atoms with van der Waals surface area (Å²) in [6.45, 7) is 10.2. The van der Waals surface area contributed by atoms with Gasteiger partial charge in [-0.2, -0.15) is 0 Å². The Morgan fingerprint density at radius 1 is 0.798 bits per heavy atom. The lowest BCUT2D eigenvalue weighted by molar-refractivity contribution is -0.144. The molecule has 2 fully saturated rings. The van der Waals surface area contributed by atoms with Gasteiger partial charge in [-0.25, -0.2) is 19.9 Å². The molecule has 444 valence electrons. The summed E-state index contributed by atoms with van der Waals surface area (Å²) in [5.74, 6) is 0.0187. The summed E-state index contributed by atoms with van der Waals surface area (Å²) in [5, 5.41) is 16.4. The summed E-state index contributed by atoms with van der Waals surface area (Å²) in [4.78, 5) is 74.6. The Morgan fingerprint density at radius 3 is 2.15 bits per heavy atom. The molecule has 7 N–H and O–H groups in total. The Morgan fingerprint density at radius 2 is 1.50 bits per heavy atom. The van der Waals surface area contributed by atoms with E-state index in [2.05, 4.69) is 57.0 Å². The maximum absolute atomic E-state index is 14.0. The van der Waals surface area contributed by atoms with Crippen molar-refractivity contribution in [2.24, 2.45) is 11.1 Å². The Balaban J connectivity index is 0.621. The van der Waals surface area contributed by atoms with Crippen molar-refractivity contribution in [3.63, 3.8) is 0 Å². The SMILES string of the molecule is Cc1ncsc1-c1ccc(CNC(=O)[C@@H]2C[C@@H](O)CN2C(=O)[C@@H](NC(=O)CCOCCOCCOCCOCCC(=O)CCCc2cccc(-c3ccc4nc(-c5cccnc5N)n(-c5ccc(C6(N)CCC6)cc5)c4n3)c2)C(C)(C)C)cc1. The molecule has 20 heteroatoms. The highest BCUT2D eigenvalue weighted by molar-refractivity contribution is 7.13. The second-order valence-electron chi connectivity index (χ2n) is 22.8. The first-order valence-corrected chi connectivity index (χ1v) is 29.9. The summed E-state index contributed by atoms with van der Waals surface area (Å²) < 4.78 is 24.6. The molecule has 0 bridgehead atoms. The van der Waals surface area contributed by atoms with Gasteiger partial charge in [0, 0.05) is 61.8 Å². The van der Waals surface area contributed by atoms with Gasteiger partial charge in [-0.15, -0.1) is 11.3 Å². The third-order valence-electron chi connectivity index (χ3n) is 15.5. The zero-order valence-corrected chi connectivity index (χ0v) is 49.3. The predicted molar refractivity (Wildman–Crippen MR) is 324 cm³/mol. The Labute approximate surface area is 494 Å². The summed E-state index contributed by atoms with van der Waals surface area (Å²) in [7, 11) is 0. The number of imidazole rings is 1. The quantitative estimate of drug-likeness (QED) is 0.0278. The highest BCUT2D eigenvalue weighted by atomic mass is 32.1. The number of hydrogen-bond donors (Lipinski definition) is 5. The maximum Gasteiger partial charge on any atom is 0.246 e. The molecular weight excluding hydrogens is 1080 g/mol. The number of aliphatic hydroxyl groups is 1. The number of thiazole rings is 1. The molecule has 7 aromatic rings. The second-order valence-corrected chi connectivity index (χ2v) is 23.6. The van der Waals surface area contributed by atoms with Crippen LogP contribution in [0.5, 0.6) is 0 Å². The van der Waals surface area contributed by atoms with Crippen LogP contribution in [0.2, 0.25) is 0 Å². The minimum absolute atomic E-state index is 0.0111. The topological polar surface area (TPSA) is 261 Å². The van der Waals surface area contributed by atoms with Crippen LogP contribution in [0.25, 0.3) is 49.9 Å². The molecule has 3 amide bonds. The molecule has 0 unspecified atom stereocenters. The number of aliphatic hydroxyl groups excluding tert-OH is 1. The van der Waals surface area contributed by atoms with E-state index in [1.807, 2.05) is 98.4 Å². The van der Waals surface area contributed by atoms with Gasteiger partial charge >= 0.3 is 0 Å². The Hall–Kier alpha value is -7.30. The van der Waals surface area contributed by atoms with Crippen molar-refractivity contribution in [2.75, 3.05) is 65.1 Å². The Bertz CT molecular complexity index is 3360. The average Bonchev–Trinajstić information content (AvgIpc) is 2.29. The first-order valence-electron chi connectivity index (χ1n) is 29.0. The number of β-amino-alcohol motifs (C(OH)–C–C–N with tert-alkyl or cyclic N) is 1. The van der Waals surface area contributed by atoms with Crippen LogP contribution in [0, 0.1) is 12.3 Å². The number of ether oxygens (including phenoxy) is 4. The van der Waals surface area contributed by atoms with E-state index in [9.17, 15) is 24.3 Å². The van der Waals surface area contributed by atoms with Gasteiger partial charge in [0.1, 0.15) is 29.2 Å². The number of likely N-dealkylation sites (tertiary alicyclic amines) is 1. The molecule has 0 spiro atoms. The van der Waals surface area contributed by atoms with Crippen LogP contribution in [-0.4, -0.2) is 136 Å². The monoisotopic (exact) mass is 1160 g/mol. The number of nitrogens with zero attached hydrogens (tertiary/aromatic N) is 6. The lowest BCUT2D eigenvalue weighted by Crippen LogP contribution is -2.57. The minimum atomic E-state index is -0.938. The molecule has 19 nitrogen and oxygen atoms in total. The van der Waals surface area contributed by atoms with Crippen LogP contribution in [-0.2, 0) is 56.6 Å². The van der Waals surface area contributed by atoms with E-state index >= 15 is 0 Å². The van der Waals surface area contributed by atoms with Crippen molar-refractivity contribution in [1.29, 1.82) is 0 Å². The minimum Gasteiger partial charge on any atom is -0.391 e. The lowest BCUT2D eigenvalue weighted by atomic mass is 9.73. The van der Waals surface area contributed by atoms with Crippen molar-refractivity contribution in [2.45, 2.75) is 116 Å². The fourth-order valence-corrected chi connectivity index (χ4v) is 11.4. The number of anilines is 1. The second kappa shape index (κ2) is 28.5. The van der Waals surface area contributed by atoms with Crippen molar-refractivity contribution in [3.8, 4) is 38.8 Å². The van der Waals surface area contributed by atoms with E-state index in [1.54, 1.807) is 17.5 Å². The van der Waals surface area contributed by atoms with Crippen LogP contribution >= 0.6 is 11.3 Å². The normalized spacial score (nSPS) is 16.1. The van der Waals surface area contributed by atoms with E-state index < -0.39 is 29.5 Å². The van der Waals surface area contributed by atoms with Gasteiger partial charge in [-0.05, 0) is 109 Å². The first-order chi connectivity index (χ1) is 40.5. The van der Waals surface area contributed by atoms with Crippen molar-refractivity contribution in [3.05, 3.63) is 131 Å². The number of fused-ring (bicyclic) bond motifs is 1. The molecule has 5 heterocycles. The number of aromatic nitrogens is 5. The number of aryl methyl sites for hydroxylation is 2. The fraction of sp³-hybridized carbons (Fsp3) is 0.438. The van der Waals surface area contributed by atoms with Crippen molar-refractivity contribution in [1.82, 2.24) is 40.0 Å². The first kappa shape index (κ1) is 61.3. The molecule has 1 aliphatic heterocycles. The number of pyridine rings is 2. The lowest BCUT2D eigenvalue weighted by Gasteiger charge is -2.38. The molecule has 3 aromatic carbocycles. The number of hydrogen-bond acceptors (Lipinski definition) is 16. The van der Waals surface area contributed by atoms with Crippen LogP contribution in [0.4, 0.5) is 5.82 Å².